The van der Waals surface area contributed by atoms with Gasteiger partial charge in [-0.15, -0.1) is 0 Å². The number of carbonyl (C=O) groups is 2. The number of anilines is 1. The van der Waals surface area contributed by atoms with Crippen LogP contribution < -0.4 is 4.90 Å². The summed E-state index contributed by atoms with van der Waals surface area (Å²) in [5.41, 5.74) is 0.456. The molecule has 0 saturated carbocycles. The van der Waals surface area contributed by atoms with Gasteiger partial charge in [-0.1, -0.05) is 6.07 Å². The summed E-state index contributed by atoms with van der Waals surface area (Å²) >= 11 is 0. The van der Waals surface area contributed by atoms with E-state index in [9.17, 15) is 14.0 Å². The van der Waals surface area contributed by atoms with E-state index in [4.69, 9.17) is 5.26 Å². The molecule has 2 rings (SSSR count). The van der Waals surface area contributed by atoms with Crippen molar-refractivity contribution in [2.75, 3.05) is 11.4 Å². The third-order valence-corrected chi connectivity index (χ3v) is 3.52. The number of halogens is 1. The number of nitrogens with zero attached hydrogens (tertiary/aromatic N) is 2. The Morgan fingerprint density at radius 2 is 2.30 bits per heavy atom. The minimum Gasteiger partial charge on any atom is -0.312 e. The minimum atomic E-state index is -0.795. The third-order valence-electron chi connectivity index (χ3n) is 3.52. The first-order valence-electron chi connectivity index (χ1n) is 6.55. The van der Waals surface area contributed by atoms with Crippen LogP contribution in [0.1, 0.15) is 19.8 Å². The maximum atomic E-state index is 13.2. The van der Waals surface area contributed by atoms with Crippen molar-refractivity contribution < 1.29 is 14.0 Å². The van der Waals surface area contributed by atoms with Gasteiger partial charge in [-0.3, -0.25) is 9.59 Å². The SMILES string of the molecule is C[C@H](C#N)C(=O)[C@H]1CCCN(c2cccc(F)c2)C1=O. The zero-order valence-electron chi connectivity index (χ0n) is 11.2. The number of piperidine rings is 1. The molecule has 1 aromatic rings. The predicted octanol–water partition coefficient (Wildman–Crippen LogP) is 2.30. The maximum Gasteiger partial charge on any atom is 0.237 e. The van der Waals surface area contributed by atoms with E-state index in [2.05, 4.69) is 0 Å². The first kappa shape index (κ1) is 14.2. The molecule has 1 heterocycles. The molecule has 0 radical (unpaired) electrons. The molecular formula is C15H15FN2O2. The molecule has 1 saturated heterocycles. The molecule has 2 atom stereocenters. The maximum absolute atomic E-state index is 13.2. The molecule has 1 aliphatic rings. The smallest absolute Gasteiger partial charge is 0.237 e. The number of amides is 1. The van der Waals surface area contributed by atoms with E-state index in [1.54, 1.807) is 6.07 Å². The molecule has 0 bridgehead atoms. The Labute approximate surface area is 116 Å². The molecule has 4 nitrogen and oxygen atoms in total. The van der Waals surface area contributed by atoms with Gasteiger partial charge in [0.25, 0.3) is 0 Å². The molecule has 1 aromatic carbocycles. The molecular weight excluding hydrogens is 259 g/mol. The number of carbonyl (C=O) groups excluding carboxylic acids is 2. The Hall–Kier alpha value is -2.22. The second-order valence-electron chi connectivity index (χ2n) is 4.92. The standard InChI is InChI=1S/C15H15FN2O2/c1-10(9-17)14(19)13-6-3-7-18(15(13)20)12-5-2-4-11(16)8-12/h2,4-5,8,10,13H,3,6-7H2,1H3/t10-,13-/m1/s1. The number of benzene rings is 1. The van der Waals surface area contributed by atoms with Gasteiger partial charge in [-0.05, 0) is 38.0 Å². The normalized spacial score (nSPS) is 20.4. The highest BCUT2D eigenvalue weighted by Gasteiger charge is 2.36. The van der Waals surface area contributed by atoms with E-state index in [1.165, 1.54) is 30.0 Å². The van der Waals surface area contributed by atoms with Gasteiger partial charge in [0, 0.05) is 12.2 Å². The highest BCUT2D eigenvalue weighted by atomic mass is 19.1. The van der Waals surface area contributed by atoms with Crippen LogP contribution in [0, 0.1) is 29.0 Å². The van der Waals surface area contributed by atoms with Gasteiger partial charge in [0.1, 0.15) is 11.7 Å². The van der Waals surface area contributed by atoms with Crippen LogP contribution in [0.5, 0.6) is 0 Å². The molecule has 0 N–H and O–H groups in total. The first-order chi connectivity index (χ1) is 9.54. The Kier molecular flexibility index (Phi) is 4.14. The summed E-state index contributed by atoms with van der Waals surface area (Å²) in [6.45, 7) is 1.96. The monoisotopic (exact) mass is 274 g/mol. The van der Waals surface area contributed by atoms with E-state index in [1.807, 2.05) is 6.07 Å². The number of nitriles is 1. The molecule has 1 fully saturated rings. The van der Waals surface area contributed by atoms with Gasteiger partial charge in [0.2, 0.25) is 5.91 Å². The molecule has 5 heteroatoms. The summed E-state index contributed by atoms with van der Waals surface area (Å²) in [5, 5.41) is 8.80. The van der Waals surface area contributed by atoms with Gasteiger partial charge in [0.15, 0.2) is 5.78 Å². The van der Waals surface area contributed by atoms with Gasteiger partial charge in [-0.2, -0.15) is 5.26 Å². The Morgan fingerprint density at radius 1 is 1.55 bits per heavy atom. The van der Waals surface area contributed by atoms with Crippen molar-refractivity contribution in [1.82, 2.24) is 0 Å². The lowest BCUT2D eigenvalue weighted by Gasteiger charge is -2.32. The quantitative estimate of drug-likeness (QED) is 0.794. The van der Waals surface area contributed by atoms with Gasteiger partial charge >= 0.3 is 0 Å². The Balaban J connectivity index is 2.23. The lowest BCUT2D eigenvalue weighted by molar-refractivity contribution is -0.135. The summed E-state index contributed by atoms with van der Waals surface area (Å²) in [4.78, 5) is 25.8. The largest absolute Gasteiger partial charge is 0.312 e. The highest BCUT2D eigenvalue weighted by molar-refractivity contribution is 6.10. The second-order valence-corrected chi connectivity index (χ2v) is 4.92. The average molecular weight is 274 g/mol. The summed E-state index contributed by atoms with van der Waals surface area (Å²) < 4.78 is 13.2. The van der Waals surface area contributed by atoms with E-state index in [0.717, 1.165) is 0 Å². The second kappa shape index (κ2) is 5.83. The average Bonchev–Trinajstić information content (AvgIpc) is 2.46. The van der Waals surface area contributed by atoms with E-state index in [-0.39, 0.29) is 11.7 Å². The lowest BCUT2D eigenvalue weighted by Crippen LogP contribution is -2.45. The molecule has 0 unspecified atom stereocenters. The van der Waals surface area contributed by atoms with Crippen LogP contribution in [0.15, 0.2) is 24.3 Å². The van der Waals surface area contributed by atoms with Crippen molar-refractivity contribution in [1.29, 1.82) is 5.26 Å². The fourth-order valence-corrected chi connectivity index (χ4v) is 2.41. The summed E-state index contributed by atoms with van der Waals surface area (Å²) in [6, 6.07) is 7.62. The molecule has 20 heavy (non-hydrogen) atoms. The summed E-state index contributed by atoms with van der Waals surface area (Å²) in [5.74, 6) is -2.69. The van der Waals surface area contributed by atoms with Crippen LogP contribution >= 0.6 is 0 Å². The fourth-order valence-electron chi connectivity index (χ4n) is 2.41. The van der Waals surface area contributed by atoms with Crippen LogP contribution in [-0.4, -0.2) is 18.2 Å². The molecule has 1 amide bonds. The van der Waals surface area contributed by atoms with Gasteiger partial charge < -0.3 is 4.90 Å². The zero-order chi connectivity index (χ0) is 14.7. The van der Waals surface area contributed by atoms with Crippen molar-refractivity contribution >= 4 is 17.4 Å². The minimum absolute atomic E-state index is 0.339. The molecule has 0 aliphatic carbocycles. The molecule has 0 spiro atoms. The Morgan fingerprint density at radius 3 is 2.95 bits per heavy atom. The van der Waals surface area contributed by atoms with E-state index in [0.29, 0.717) is 25.1 Å². The Bertz CT molecular complexity index is 579. The highest BCUT2D eigenvalue weighted by Crippen LogP contribution is 2.27. The van der Waals surface area contributed by atoms with Gasteiger partial charge in [-0.25, -0.2) is 4.39 Å². The van der Waals surface area contributed by atoms with Gasteiger partial charge in [0.05, 0.1) is 12.0 Å². The van der Waals surface area contributed by atoms with Crippen molar-refractivity contribution in [3.8, 4) is 6.07 Å². The summed E-state index contributed by atoms with van der Waals surface area (Å²) in [6.07, 6.45) is 1.12. The van der Waals surface area contributed by atoms with Crippen LogP contribution in [0.25, 0.3) is 0 Å². The third kappa shape index (κ3) is 2.69. The van der Waals surface area contributed by atoms with E-state index < -0.39 is 17.7 Å². The number of hydrogen-bond acceptors (Lipinski definition) is 3. The number of rotatable bonds is 3. The summed E-state index contributed by atoms with van der Waals surface area (Å²) in [7, 11) is 0. The van der Waals surface area contributed by atoms with Crippen molar-refractivity contribution in [2.24, 2.45) is 11.8 Å². The zero-order valence-corrected chi connectivity index (χ0v) is 11.2. The topological polar surface area (TPSA) is 61.2 Å². The fraction of sp³-hybridized carbons (Fsp3) is 0.400. The lowest BCUT2D eigenvalue weighted by atomic mass is 9.87. The molecule has 0 aromatic heterocycles. The molecule has 1 aliphatic heterocycles. The van der Waals surface area contributed by atoms with E-state index >= 15 is 0 Å². The van der Waals surface area contributed by atoms with Crippen LogP contribution in [0.2, 0.25) is 0 Å². The van der Waals surface area contributed by atoms with Crippen molar-refractivity contribution in [3.05, 3.63) is 30.1 Å². The predicted molar refractivity (Wildman–Crippen MR) is 71.3 cm³/mol. The van der Waals surface area contributed by atoms with Crippen molar-refractivity contribution in [2.45, 2.75) is 19.8 Å². The van der Waals surface area contributed by atoms with Crippen LogP contribution in [0.3, 0.4) is 0 Å². The number of ketones is 1. The molecule has 104 valence electrons. The number of hydrogen-bond donors (Lipinski definition) is 0. The van der Waals surface area contributed by atoms with Crippen LogP contribution in [0.4, 0.5) is 10.1 Å². The first-order valence-corrected chi connectivity index (χ1v) is 6.55. The van der Waals surface area contributed by atoms with Crippen LogP contribution in [-0.2, 0) is 9.59 Å². The number of Topliss-reactive ketones (excluding diaryl/α,β-unsaturated/α-hetero) is 1. The van der Waals surface area contributed by atoms with Crippen molar-refractivity contribution in [3.63, 3.8) is 0 Å².